The molecule has 1 aliphatic carbocycles. The molecule has 0 amide bonds. The van der Waals surface area contributed by atoms with E-state index < -0.39 is 0 Å². The van der Waals surface area contributed by atoms with Crippen LogP contribution in [0.1, 0.15) is 31.7 Å². The standard InChI is InChI=1S/C29H31Cl2N9O/c1-38-10-12-39(13-11-38)20-6-8-21(9-7-20)40-28-24(27(32)33-16-34-28)25(37-40)17-2-4-19(5-3-17)35-29-36-23-15-18(30)14-22(31)26(23)41-29/h2-5,14-16,20-21H,6-13H2,1H3,(H,35,36)(H2,32,33,34)/t20-,21+. The van der Waals surface area contributed by atoms with Crippen molar-refractivity contribution in [3.05, 3.63) is 52.8 Å². The van der Waals surface area contributed by atoms with Gasteiger partial charge in [-0.1, -0.05) is 35.3 Å². The first-order valence-corrected chi connectivity index (χ1v) is 14.7. The van der Waals surface area contributed by atoms with Crippen LogP contribution in [0, 0.1) is 0 Å². The zero-order valence-corrected chi connectivity index (χ0v) is 24.2. The predicted octanol–water partition coefficient (Wildman–Crippen LogP) is 6.00. The molecule has 4 heterocycles. The van der Waals surface area contributed by atoms with E-state index in [1.54, 1.807) is 12.1 Å². The van der Waals surface area contributed by atoms with Crippen LogP contribution in [-0.2, 0) is 0 Å². The van der Waals surface area contributed by atoms with Crippen molar-refractivity contribution in [3.63, 3.8) is 0 Å². The van der Waals surface area contributed by atoms with E-state index in [0.29, 0.717) is 39.0 Å². The van der Waals surface area contributed by atoms with Gasteiger partial charge in [-0.2, -0.15) is 10.1 Å². The van der Waals surface area contributed by atoms with Crippen molar-refractivity contribution >= 4 is 62.9 Å². The van der Waals surface area contributed by atoms with Crippen LogP contribution in [0.4, 0.5) is 17.5 Å². The number of halogens is 2. The van der Waals surface area contributed by atoms with E-state index in [9.17, 15) is 0 Å². The summed E-state index contributed by atoms with van der Waals surface area (Å²) >= 11 is 12.4. The minimum absolute atomic E-state index is 0.282. The largest absolute Gasteiger partial charge is 0.422 e. The van der Waals surface area contributed by atoms with Crippen molar-refractivity contribution < 1.29 is 4.42 Å². The first kappa shape index (κ1) is 26.5. The number of rotatable bonds is 5. The Kier molecular flexibility index (Phi) is 6.94. The summed E-state index contributed by atoms with van der Waals surface area (Å²) in [5.41, 5.74) is 10.8. The molecule has 0 radical (unpaired) electrons. The molecular formula is C29H31Cl2N9O. The van der Waals surface area contributed by atoms with Crippen molar-refractivity contribution in [1.29, 1.82) is 0 Å². The van der Waals surface area contributed by atoms with E-state index in [0.717, 1.165) is 67.0 Å². The highest BCUT2D eigenvalue weighted by atomic mass is 35.5. The summed E-state index contributed by atoms with van der Waals surface area (Å²) in [6.45, 7) is 4.61. The third-order valence-corrected chi connectivity index (χ3v) is 8.90. The number of nitrogens with one attached hydrogen (secondary N) is 1. The highest BCUT2D eigenvalue weighted by Gasteiger charge is 2.30. The Labute approximate surface area is 247 Å². The lowest BCUT2D eigenvalue weighted by Crippen LogP contribution is -2.49. The normalized spacial score (nSPS) is 20.7. The molecule has 5 aromatic rings. The second kappa shape index (κ2) is 10.8. The molecule has 1 saturated carbocycles. The van der Waals surface area contributed by atoms with E-state index in [4.69, 9.17) is 38.5 Å². The Balaban J connectivity index is 1.12. The van der Waals surface area contributed by atoms with Crippen LogP contribution in [0.2, 0.25) is 10.0 Å². The molecule has 212 valence electrons. The maximum Gasteiger partial charge on any atom is 0.300 e. The highest BCUT2D eigenvalue weighted by Crippen LogP contribution is 2.38. The lowest BCUT2D eigenvalue weighted by atomic mass is 9.90. The molecule has 0 bridgehead atoms. The lowest BCUT2D eigenvalue weighted by molar-refractivity contribution is 0.0815. The Morgan fingerprint density at radius 3 is 2.44 bits per heavy atom. The van der Waals surface area contributed by atoms with Crippen LogP contribution in [0.25, 0.3) is 33.4 Å². The van der Waals surface area contributed by atoms with Gasteiger partial charge in [0.15, 0.2) is 11.2 Å². The number of anilines is 3. The van der Waals surface area contributed by atoms with Crippen LogP contribution >= 0.6 is 23.2 Å². The fourth-order valence-electron chi connectivity index (χ4n) is 6.16. The number of aromatic nitrogens is 5. The third-order valence-electron chi connectivity index (χ3n) is 8.40. The number of nitrogens with zero attached hydrogens (tertiary/aromatic N) is 7. The summed E-state index contributed by atoms with van der Waals surface area (Å²) in [4.78, 5) is 18.5. The molecule has 3 aromatic heterocycles. The number of oxazole rings is 1. The summed E-state index contributed by atoms with van der Waals surface area (Å²) in [6, 6.07) is 12.5. The molecule has 2 aliphatic rings. The van der Waals surface area contributed by atoms with Gasteiger partial charge in [0.05, 0.1) is 16.5 Å². The van der Waals surface area contributed by atoms with Gasteiger partial charge in [0.2, 0.25) is 0 Å². The van der Waals surface area contributed by atoms with Gasteiger partial charge in [-0.25, -0.2) is 14.6 Å². The van der Waals surface area contributed by atoms with Gasteiger partial charge < -0.3 is 20.4 Å². The van der Waals surface area contributed by atoms with Gasteiger partial charge in [0, 0.05) is 48.5 Å². The maximum atomic E-state index is 6.39. The Morgan fingerprint density at radius 1 is 0.951 bits per heavy atom. The third kappa shape index (κ3) is 5.10. The lowest BCUT2D eigenvalue weighted by Gasteiger charge is -2.41. The van der Waals surface area contributed by atoms with Gasteiger partial charge in [0.25, 0.3) is 6.01 Å². The maximum absolute atomic E-state index is 6.39. The molecule has 7 rings (SSSR count). The van der Waals surface area contributed by atoms with Crippen molar-refractivity contribution in [2.75, 3.05) is 44.3 Å². The Hall–Kier alpha value is -3.44. The number of fused-ring (bicyclic) bond motifs is 2. The fourth-order valence-corrected chi connectivity index (χ4v) is 6.68. The summed E-state index contributed by atoms with van der Waals surface area (Å²) in [7, 11) is 2.21. The van der Waals surface area contributed by atoms with Gasteiger partial charge in [-0.05, 0) is 57.0 Å². The fraction of sp³-hybridized carbons (Fsp3) is 0.379. The van der Waals surface area contributed by atoms with Crippen molar-refractivity contribution in [3.8, 4) is 11.3 Å². The molecule has 1 aliphatic heterocycles. The summed E-state index contributed by atoms with van der Waals surface area (Å²) in [6.07, 6.45) is 6.00. The summed E-state index contributed by atoms with van der Waals surface area (Å²) in [5.74, 6) is 0.437. The molecule has 0 spiro atoms. The van der Waals surface area contributed by atoms with Crippen LogP contribution in [0.15, 0.2) is 47.1 Å². The number of piperazine rings is 1. The smallest absolute Gasteiger partial charge is 0.300 e. The van der Waals surface area contributed by atoms with Gasteiger partial charge >= 0.3 is 0 Å². The molecular weight excluding hydrogens is 561 g/mol. The minimum atomic E-state index is 0.282. The van der Waals surface area contributed by atoms with E-state index in [2.05, 4.69) is 41.8 Å². The molecule has 12 heteroatoms. The van der Waals surface area contributed by atoms with E-state index >= 15 is 0 Å². The topological polar surface area (TPSA) is 114 Å². The average Bonchev–Trinajstić information content (AvgIpc) is 3.56. The van der Waals surface area contributed by atoms with Crippen molar-refractivity contribution in [2.24, 2.45) is 0 Å². The highest BCUT2D eigenvalue weighted by molar-refractivity contribution is 6.38. The average molecular weight is 593 g/mol. The summed E-state index contributed by atoms with van der Waals surface area (Å²) < 4.78 is 7.89. The van der Waals surface area contributed by atoms with Crippen molar-refractivity contribution in [1.82, 2.24) is 34.5 Å². The Bertz CT molecular complexity index is 1700. The first-order valence-electron chi connectivity index (χ1n) is 14.0. The van der Waals surface area contributed by atoms with E-state index in [1.165, 1.54) is 19.2 Å². The zero-order chi connectivity index (χ0) is 28.1. The molecule has 3 N–H and O–H groups in total. The van der Waals surface area contributed by atoms with Crippen LogP contribution in [0.3, 0.4) is 0 Å². The number of benzene rings is 2. The number of likely N-dealkylation sites (N-methyl/N-ethyl adjacent to an activating group) is 1. The molecule has 0 unspecified atom stereocenters. The predicted molar refractivity (Wildman–Crippen MR) is 163 cm³/mol. The number of nitrogen functional groups attached to an aromatic ring is 1. The molecule has 10 nitrogen and oxygen atoms in total. The molecule has 2 aromatic carbocycles. The number of nitrogens with two attached hydrogens (primary N) is 1. The monoisotopic (exact) mass is 591 g/mol. The van der Waals surface area contributed by atoms with Crippen LogP contribution in [-0.4, -0.2) is 73.8 Å². The Morgan fingerprint density at radius 2 is 1.68 bits per heavy atom. The van der Waals surface area contributed by atoms with Crippen LogP contribution < -0.4 is 11.1 Å². The molecule has 1 saturated heterocycles. The first-order chi connectivity index (χ1) is 19.9. The van der Waals surface area contributed by atoms with E-state index in [1.807, 2.05) is 24.3 Å². The second-order valence-corrected chi connectivity index (χ2v) is 11.9. The molecule has 2 fully saturated rings. The van der Waals surface area contributed by atoms with Gasteiger partial charge in [-0.15, -0.1) is 0 Å². The van der Waals surface area contributed by atoms with Gasteiger partial charge in [0.1, 0.15) is 23.4 Å². The minimum Gasteiger partial charge on any atom is -0.422 e. The summed E-state index contributed by atoms with van der Waals surface area (Å²) in [5, 5.41) is 10.00. The van der Waals surface area contributed by atoms with E-state index in [-0.39, 0.29) is 6.04 Å². The second-order valence-electron chi connectivity index (χ2n) is 11.0. The quantitative estimate of drug-likeness (QED) is 0.254. The number of hydrogen-bond acceptors (Lipinski definition) is 9. The van der Waals surface area contributed by atoms with Crippen molar-refractivity contribution in [2.45, 2.75) is 37.8 Å². The number of hydrogen-bond donors (Lipinski definition) is 2. The molecule has 41 heavy (non-hydrogen) atoms. The van der Waals surface area contributed by atoms with Crippen LogP contribution in [0.5, 0.6) is 0 Å². The van der Waals surface area contributed by atoms with Gasteiger partial charge in [-0.3, -0.25) is 4.90 Å². The molecule has 0 atom stereocenters. The SMILES string of the molecule is CN1CCN([C@H]2CC[C@@H](n3nc(-c4ccc(Nc5nc6cc(Cl)cc(Cl)c6o5)cc4)c4c(N)ncnc43)CC2)CC1. The zero-order valence-electron chi connectivity index (χ0n) is 22.7.